The van der Waals surface area contributed by atoms with E-state index in [4.69, 9.17) is 0 Å². The van der Waals surface area contributed by atoms with Crippen LogP contribution in [0.4, 0.5) is 11.4 Å². The largest absolute Gasteiger partial charge is 0.380 e. The smallest absolute Gasteiger partial charge is 0.270 e. The second kappa shape index (κ2) is 6.01. The molecule has 0 fully saturated rings. The Morgan fingerprint density at radius 3 is 2.47 bits per heavy atom. The van der Waals surface area contributed by atoms with E-state index in [-0.39, 0.29) is 10.6 Å². The molecule has 0 aliphatic heterocycles. The molecule has 19 heavy (non-hydrogen) atoms. The number of nitrogens with zero attached hydrogens (tertiary/aromatic N) is 1. The van der Waals surface area contributed by atoms with Gasteiger partial charge < -0.3 is 5.32 Å². The fraction of sp³-hybridized carbons (Fsp3) is 0.143. The van der Waals surface area contributed by atoms with Crippen molar-refractivity contribution in [1.82, 2.24) is 0 Å². The highest BCUT2D eigenvalue weighted by molar-refractivity contribution is 14.1. The number of rotatable bonds is 4. The first-order valence-electron chi connectivity index (χ1n) is 5.79. The summed E-state index contributed by atoms with van der Waals surface area (Å²) >= 11 is 2.10. The van der Waals surface area contributed by atoms with Crippen LogP contribution in [0.15, 0.2) is 42.5 Å². The highest BCUT2D eigenvalue weighted by Gasteiger charge is 2.08. The van der Waals surface area contributed by atoms with Crippen LogP contribution < -0.4 is 5.32 Å². The van der Waals surface area contributed by atoms with Crippen LogP contribution in [0.25, 0.3) is 0 Å². The van der Waals surface area contributed by atoms with Crippen LogP contribution in [0, 0.1) is 20.6 Å². The Hall–Kier alpha value is -1.63. The number of nitro benzene ring substituents is 1. The van der Waals surface area contributed by atoms with Gasteiger partial charge >= 0.3 is 0 Å². The monoisotopic (exact) mass is 368 g/mol. The first kappa shape index (κ1) is 13.8. The van der Waals surface area contributed by atoms with Crippen molar-refractivity contribution < 1.29 is 4.92 Å². The molecule has 0 aliphatic carbocycles. The summed E-state index contributed by atoms with van der Waals surface area (Å²) < 4.78 is 0.846. The van der Waals surface area contributed by atoms with Crippen LogP contribution in [-0.2, 0) is 6.54 Å². The summed E-state index contributed by atoms with van der Waals surface area (Å²) in [6, 6.07) is 13.1. The average molecular weight is 368 g/mol. The van der Waals surface area contributed by atoms with Gasteiger partial charge in [0.2, 0.25) is 0 Å². The van der Waals surface area contributed by atoms with Gasteiger partial charge in [0, 0.05) is 27.9 Å². The van der Waals surface area contributed by atoms with Crippen LogP contribution in [0.2, 0.25) is 0 Å². The summed E-state index contributed by atoms with van der Waals surface area (Å²) in [6.07, 6.45) is 0. The molecule has 98 valence electrons. The van der Waals surface area contributed by atoms with E-state index in [0.717, 1.165) is 9.26 Å². The Morgan fingerprint density at radius 1 is 1.21 bits per heavy atom. The van der Waals surface area contributed by atoms with Crippen LogP contribution in [0.1, 0.15) is 11.1 Å². The van der Waals surface area contributed by atoms with E-state index in [1.54, 1.807) is 12.1 Å². The molecule has 0 amide bonds. The summed E-state index contributed by atoms with van der Waals surface area (Å²) in [6.45, 7) is 2.75. The van der Waals surface area contributed by atoms with Crippen molar-refractivity contribution in [2.24, 2.45) is 0 Å². The van der Waals surface area contributed by atoms with Crippen molar-refractivity contribution in [1.29, 1.82) is 0 Å². The van der Waals surface area contributed by atoms with Gasteiger partial charge in [0.1, 0.15) is 0 Å². The number of anilines is 1. The summed E-state index contributed by atoms with van der Waals surface area (Å²) in [5.74, 6) is 0. The molecule has 0 radical (unpaired) electrons. The predicted molar refractivity (Wildman–Crippen MR) is 84.3 cm³/mol. The van der Waals surface area contributed by atoms with Crippen molar-refractivity contribution in [3.8, 4) is 0 Å². The lowest BCUT2D eigenvalue weighted by molar-refractivity contribution is -0.384. The van der Waals surface area contributed by atoms with Gasteiger partial charge in [-0.1, -0.05) is 29.8 Å². The van der Waals surface area contributed by atoms with E-state index < -0.39 is 0 Å². The zero-order chi connectivity index (χ0) is 13.8. The van der Waals surface area contributed by atoms with E-state index in [0.29, 0.717) is 6.54 Å². The maximum absolute atomic E-state index is 10.7. The van der Waals surface area contributed by atoms with Crippen molar-refractivity contribution in [2.45, 2.75) is 13.5 Å². The number of nitrogens with one attached hydrogen (secondary N) is 1. The first-order valence-corrected chi connectivity index (χ1v) is 6.87. The van der Waals surface area contributed by atoms with E-state index in [9.17, 15) is 10.1 Å². The Balaban J connectivity index is 2.07. The molecule has 4 nitrogen and oxygen atoms in total. The third-order valence-corrected chi connectivity index (χ3v) is 3.66. The molecule has 2 aromatic rings. The number of halogens is 1. The normalized spacial score (nSPS) is 10.2. The zero-order valence-corrected chi connectivity index (χ0v) is 12.5. The Labute approximate surface area is 125 Å². The predicted octanol–water partition coefficient (Wildman–Crippen LogP) is 4.12. The first-order chi connectivity index (χ1) is 9.06. The molecule has 0 atom stereocenters. The van der Waals surface area contributed by atoms with E-state index in [1.165, 1.54) is 17.2 Å². The molecule has 0 heterocycles. The van der Waals surface area contributed by atoms with Crippen LogP contribution in [-0.4, -0.2) is 4.92 Å². The number of nitro groups is 1. The van der Waals surface area contributed by atoms with Crippen LogP contribution in [0.3, 0.4) is 0 Å². The Morgan fingerprint density at radius 2 is 1.89 bits per heavy atom. The standard InChI is InChI=1S/C14H13IN2O2/c1-10-2-4-11(5-3-10)9-16-14-7-6-12(17(18)19)8-13(14)15/h2-8,16H,9H2,1H3. The van der Waals surface area contributed by atoms with Crippen molar-refractivity contribution in [3.05, 3.63) is 67.3 Å². The zero-order valence-electron chi connectivity index (χ0n) is 10.4. The Kier molecular flexibility index (Phi) is 4.36. The third kappa shape index (κ3) is 3.66. The SMILES string of the molecule is Cc1ccc(CNc2ccc([N+](=O)[O-])cc2I)cc1. The van der Waals surface area contributed by atoms with E-state index in [1.807, 2.05) is 0 Å². The van der Waals surface area contributed by atoms with Gasteiger partial charge in [-0.3, -0.25) is 10.1 Å². The van der Waals surface area contributed by atoms with Gasteiger partial charge in [0.05, 0.1) is 4.92 Å². The highest BCUT2D eigenvalue weighted by atomic mass is 127. The number of hydrogen-bond acceptors (Lipinski definition) is 3. The van der Waals surface area contributed by atoms with Crippen LogP contribution >= 0.6 is 22.6 Å². The molecule has 0 saturated heterocycles. The maximum atomic E-state index is 10.7. The lowest BCUT2D eigenvalue weighted by Gasteiger charge is -2.08. The maximum Gasteiger partial charge on any atom is 0.270 e. The topological polar surface area (TPSA) is 55.2 Å². The number of aryl methyl sites for hydroxylation is 1. The molecule has 5 heteroatoms. The summed E-state index contributed by atoms with van der Waals surface area (Å²) in [5, 5.41) is 13.9. The molecule has 0 bridgehead atoms. The molecule has 0 aromatic heterocycles. The minimum Gasteiger partial charge on any atom is -0.380 e. The van der Waals surface area contributed by atoms with Gasteiger partial charge in [0.15, 0.2) is 0 Å². The average Bonchev–Trinajstić information content (AvgIpc) is 2.39. The molecule has 0 spiro atoms. The quantitative estimate of drug-likeness (QED) is 0.502. The molecule has 0 aliphatic rings. The van der Waals surface area contributed by atoms with Gasteiger partial charge in [0.25, 0.3) is 5.69 Å². The molecule has 1 N–H and O–H groups in total. The number of non-ortho nitro benzene ring substituents is 1. The molecule has 0 unspecified atom stereocenters. The van der Waals surface area contributed by atoms with E-state index >= 15 is 0 Å². The molecule has 2 rings (SSSR count). The molecule has 2 aromatic carbocycles. The van der Waals surface area contributed by atoms with Gasteiger partial charge in [-0.05, 0) is 41.1 Å². The van der Waals surface area contributed by atoms with Crippen molar-refractivity contribution in [3.63, 3.8) is 0 Å². The Bertz CT molecular complexity index is 597. The third-order valence-electron chi connectivity index (χ3n) is 2.77. The molecular formula is C14H13IN2O2. The molecular weight excluding hydrogens is 355 g/mol. The summed E-state index contributed by atoms with van der Waals surface area (Å²) in [7, 11) is 0. The minimum atomic E-state index is -0.383. The van der Waals surface area contributed by atoms with Gasteiger partial charge in [-0.25, -0.2) is 0 Å². The van der Waals surface area contributed by atoms with Crippen molar-refractivity contribution in [2.75, 3.05) is 5.32 Å². The second-order valence-electron chi connectivity index (χ2n) is 4.26. The number of hydrogen-bond donors (Lipinski definition) is 1. The number of benzene rings is 2. The summed E-state index contributed by atoms with van der Waals surface area (Å²) in [5.41, 5.74) is 3.44. The highest BCUT2D eigenvalue weighted by Crippen LogP contribution is 2.24. The summed E-state index contributed by atoms with van der Waals surface area (Å²) in [4.78, 5) is 10.3. The van der Waals surface area contributed by atoms with Gasteiger partial charge in [-0.15, -0.1) is 0 Å². The van der Waals surface area contributed by atoms with Gasteiger partial charge in [-0.2, -0.15) is 0 Å². The lowest BCUT2D eigenvalue weighted by atomic mass is 10.1. The fourth-order valence-corrected chi connectivity index (χ4v) is 2.35. The van der Waals surface area contributed by atoms with E-state index in [2.05, 4.69) is 59.1 Å². The van der Waals surface area contributed by atoms with Crippen LogP contribution in [0.5, 0.6) is 0 Å². The fourth-order valence-electron chi connectivity index (χ4n) is 1.66. The van der Waals surface area contributed by atoms with Crippen molar-refractivity contribution >= 4 is 34.0 Å². The second-order valence-corrected chi connectivity index (χ2v) is 5.42. The minimum absolute atomic E-state index is 0.116. The lowest BCUT2D eigenvalue weighted by Crippen LogP contribution is -2.01. The molecule has 0 saturated carbocycles.